The Labute approximate surface area is 133 Å². The molecule has 1 aromatic heterocycles. The summed E-state index contributed by atoms with van der Waals surface area (Å²) in [5, 5.41) is 19.3. The number of aromatic hydroxyl groups is 1. The van der Waals surface area contributed by atoms with Crippen molar-refractivity contribution in [2.24, 2.45) is 0 Å². The molecule has 2 amide bonds. The van der Waals surface area contributed by atoms with Gasteiger partial charge in [0.15, 0.2) is 11.9 Å². The molecule has 1 aliphatic heterocycles. The Bertz CT molecular complexity index is 859. The second-order valence-corrected chi connectivity index (χ2v) is 4.99. The first-order chi connectivity index (χ1) is 11.4. The third-order valence-corrected chi connectivity index (χ3v) is 3.50. The van der Waals surface area contributed by atoms with Crippen LogP contribution in [0.2, 0.25) is 0 Å². The number of amides is 2. The number of hydroxylamine groups is 2. The summed E-state index contributed by atoms with van der Waals surface area (Å²) in [6.07, 6.45) is -0.947. The smallest absolute Gasteiger partial charge is 0.285 e. The SMILES string of the molecule is O=C1c2ccccc2C(=O)N1OC(CF)c1cc(=O)c(O)cn1O. The summed E-state index contributed by atoms with van der Waals surface area (Å²) in [6.45, 7) is -1.24. The van der Waals surface area contributed by atoms with Gasteiger partial charge >= 0.3 is 0 Å². The second kappa shape index (κ2) is 5.78. The molecule has 0 fully saturated rings. The van der Waals surface area contributed by atoms with Crippen molar-refractivity contribution in [3.63, 3.8) is 0 Å². The molecule has 8 nitrogen and oxygen atoms in total. The minimum absolute atomic E-state index is 0.104. The van der Waals surface area contributed by atoms with Gasteiger partial charge in [-0.2, -0.15) is 4.73 Å². The van der Waals surface area contributed by atoms with Gasteiger partial charge in [-0.05, 0) is 12.1 Å². The van der Waals surface area contributed by atoms with Crippen molar-refractivity contribution < 1.29 is 29.1 Å². The number of carbonyl (C=O) groups is 2. The van der Waals surface area contributed by atoms with Crippen LogP contribution < -0.4 is 5.43 Å². The lowest BCUT2D eigenvalue weighted by Gasteiger charge is -2.21. The summed E-state index contributed by atoms with van der Waals surface area (Å²) in [5.41, 5.74) is -1.03. The zero-order valence-electron chi connectivity index (χ0n) is 12.0. The average molecular weight is 334 g/mol. The number of fused-ring (bicyclic) bond motifs is 1. The van der Waals surface area contributed by atoms with Crippen LogP contribution in [0.5, 0.6) is 5.75 Å². The normalized spacial score (nSPS) is 14.8. The summed E-state index contributed by atoms with van der Waals surface area (Å²) in [7, 11) is 0. The lowest BCUT2D eigenvalue weighted by atomic mass is 10.1. The second-order valence-electron chi connectivity index (χ2n) is 4.99. The lowest BCUT2D eigenvalue weighted by Crippen LogP contribution is -2.33. The van der Waals surface area contributed by atoms with E-state index in [1.807, 2.05) is 0 Å². The van der Waals surface area contributed by atoms with Gasteiger partial charge in [-0.25, -0.2) is 4.39 Å². The highest BCUT2D eigenvalue weighted by molar-refractivity contribution is 6.20. The molecule has 0 spiro atoms. The maximum absolute atomic E-state index is 13.3. The van der Waals surface area contributed by atoms with Crippen LogP contribution in [0.4, 0.5) is 4.39 Å². The Balaban J connectivity index is 1.93. The molecule has 2 heterocycles. The van der Waals surface area contributed by atoms with E-state index in [4.69, 9.17) is 4.84 Å². The van der Waals surface area contributed by atoms with Crippen LogP contribution in [-0.2, 0) is 4.84 Å². The van der Waals surface area contributed by atoms with Crippen LogP contribution in [0.25, 0.3) is 0 Å². The molecule has 0 aliphatic carbocycles. The first kappa shape index (κ1) is 15.7. The van der Waals surface area contributed by atoms with Crippen LogP contribution in [0, 0.1) is 0 Å². The highest BCUT2D eigenvalue weighted by Gasteiger charge is 2.38. The van der Waals surface area contributed by atoms with Crippen LogP contribution >= 0.6 is 0 Å². The molecule has 1 aliphatic rings. The third kappa shape index (κ3) is 2.40. The fraction of sp³-hybridized carbons (Fsp3) is 0.133. The highest BCUT2D eigenvalue weighted by atomic mass is 19.1. The third-order valence-electron chi connectivity index (χ3n) is 3.50. The number of carbonyl (C=O) groups excluding carboxylic acids is 2. The molecule has 9 heteroatoms. The van der Waals surface area contributed by atoms with E-state index in [0.717, 1.165) is 6.07 Å². The van der Waals surface area contributed by atoms with Gasteiger partial charge in [0.1, 0.15) is 6.67 Å². The molecular formula is C15H11FN2O6. The zero-order valence-corrected chi connectivity index (χ0v) is 12.0. The Morgan fingerprint density at radius 1 is 1.12 bits per heavy atom. The molecule has 24 heavy (non-hydrogen) atoms. The standard InChI is InChI=1S/C15H11FN2O6/c16-6-13(10-5-11(19)12(20)7-17(10)23)24-18-14(21)8-3-1-2-4-9(8)15(18)22/h1-5,7,13,20,23H,6H2. The van der Waals surface area contributed by atoms with E-state index in [-0.39, 0.29) is 16.8 Å². The number of aromatic nitrogens is 1. The van der Waals surface area contributed by atoms with Gasteiger partial charge in [0.2, 0.25) is 5.43 Å². The van der Waals surface area contributed by atoms with Crippen LogP contribution in [0.15, 0.2) is 41.3 Å². The fourth-order valence-electron chi connectivity index (χ4n) is 2.32. The predicted octanol–water partition coefficient (Wildman–Crippen LogP) is 1.03. The van der Waals surface area contributed by atoms with E-state index >= 15 is 0 Å². The van der Waals surface area contributed by atoms with E-state index in [0.29, 0.717) is 16.0 Å². The fourth-order valence-corrected chi connectivity index (χ4v) is 2.32. The molecule has 0 saturated carbocycles. The molecule has 1 unspecified atom stereocenters. The number of hydrogen-bond acceptors (Lipinski definition) is 6. The number of nitrogens with zero attached hydrogens (tertiary/aromatic N) is 2. The number of alkyl halides is 1. The quantitative estimate of drug-likeness (QED) is 0.638. The number of halogens is 1. The molecule has 2 aromatic rings. The van der Waals surface area contributed by atoms with Gasteiger partial charge in [0.25, 0.3) is 11.8 Å². The minimum atomic E-state index is -1.61. The molecule has 3 rings (SSSR count). The monoisotopic (exact) mass is 334 g/mol. The lowest BCUT2D eigenvalue weighted by molar-refractivity contribution is -0.144. The zero-order chi connectivity index (χ0) is 17.4. The van der Waals surface area contributed by atoms with Gasteiger partial charge in [-0.1, -0.05) is 12.1 Å². The van der Waals surface area contributed by atoms with Crippen LogP contribution in [0.3, 0.4) is 0 Å². The number of hydrogen-bond donors (Lipinski definition) is 2. The van der Waals surface area contributed by atoms with E-state index in [2.05, 4.69) is 0 Å². The molecule has 2 N–H and O–H groups in total. The van der Waals surface area contributed by atoms with E-state index in [9.17, 15) is 29.1 Å². The van der Waals surface area contributed by atoms with Gasteiger partial charge in [0.05, 0.1) is 23.0 Å². The van der Waals surface area contributed by atoms with E-state index in [1.165, 1.54) is 12.1 Å². The maximum atomic E-state index is 13.3. The van der Waals surface area contributed by atoms with Crippen molar-refractivity contribution in [2.45, 2.75) is 6.10 Å². The summed E-state index contributed by atoms with van der Waals surface area (Å²) in [5.74, 6) is -2.31. The van der Waals surface area contributed by atoms with Crippen molar-refractivity contribution in [3.8, 4) is 5.75 Å². The van der Waals surface area contributed by atoms with E-state index in [1.54, 1.807) is 12.1 Å². The first-order valence-electron chi connectivity index (χ1n) is 6.79. The Hall–Kier alpha value is -3.20. The number of imide groups is 1. The van der Waals surface area contributed by atoms with Crippen molar-refractivity contribution in [1.29, 1.82) is 0 Å². The summed E-state index contributed by atoms with van der Waals surface area (Å²) >= 11 is 0. The minimum Gasteiger partial charge on any atom is -0.503 e. The summed E-state index contributed by atoms with van der Waals surface area (Å²) in [4.78, 5) is 40.9. The Morgan fingerprint density at radius 3 is 2.25 bits per heavy atom. The maximum Gasteiger partial charge on any atom is 0.285 e. The van der Waals surface area contributed by atoms with E-state index < -0.39 is 35.8 Å². The summed E-state index contributed by atoms with van der Waals surface area (Å²) in [6, 6.07) is 6.71. The molecule has 124 valence electrons. The van der Waals surface area contributed by atoms with Crippen LogP contribution in [0.1, 0.15) is 32.5 Å². The highest BCUT2D eigenvalue weighted by Crippen LogP contribution is 2.27. The number of pyridine rings is 1. The van der Waals surface area contributed by atoms with Crippen molar-refractivity contribution in [2.75, 3.05) is 6.67 Å². The largest absolute Gasteiger partial charge is 0.503 e. The molecule has 1 atom stereocenters. The molecule has 0 saturated heterocycles. The predicted molar refractivity (Wildman–Crippen MR) is 76.3 cm³/mol. The number of benzene rings is 1. The van der Waals surface area contributed by atoms with Gasteiger partial charge < -0.3 is 10.3 Å². The number of rotatable bonds is 4. The Kier molecular flexibility index (Phi) is 3.78. The molecule has 1 aromatic carbocycles. The first-order valence-corrected chi connectivity index (χ1v) is 6.79. The molecule has 0 bridgehead atoms. The van der Waals surface area contributed by atoms with Crippen LogP contribution in [-0.4, -0.2) is 38.6 Å². The van der Waals surface area contributed by atoms with Crippen molar-refractivity contribution in [1.82, 2.24) is 9.79 Å². The Morgan fingerprint density at radius 2 is 1.71 bits per heavy atom. The molecule has 0 radical (unpaired) electrons. The average Bonchev–Trinajstić information content (AvgIpc) is 2.81. The van der Waals surface area contributed by atoms with Gasteiger partial charge in [-0.3, -0.25) is 19.2 Å². The van der Waals surface area contributed by atoms with Crippen molar-refractivity contribution >= 4 is 11.8 Å². The van der Waals surface area contributed by atoms with Gasteiger partial charge in [0, 0.05) is 6.07 Å². The van der Waals surface area contributed by atoms with Crippen molar-refractivity contribution in [3.05, 3.63) is 63.6 Å². The summed E-state index contributed by atoms with van der Waals surface area (Å²) < 4.78 is 13.6. The van der Waals surface area contributed by atoms with Gasteiger partial charge in [-0.15, -0.1) is 5.06 Å². The topological polar surface area (TPSA) is 109 Å². The molecular weight excluding hydrogens is 323 g/mol.